The lowest BCUT2D eigenvalue weighted by molar-refractivity contribution is -0.124. The molecule has 170 valence electrons. The maximum absolute atomic E-state index is 12.5. The predicted molar refractivity (Wildman–Crippen MR) is 127 cm³/mol. The Labute approximate surface area is 193 Å². The first-order valence-corrected chi connectivity index (χ1v) is 11.1. The number of fused-ring (bicyclic) bond motifs is 3. The van der Waals surface area contributed by atoms with Gasteiger partial charge in [-0.25, -0.2) is 4.79 Å². The van der Waals surface area contributed by atoms with Crippen molar-refractivity contribution in [2.75, 3.05) is 6.61 Å². The summed E-state index contributed by atoms with van der Waals surface area (Å²) < 4.78 is 5.50. The van der Waals surface area contributed by atoms with Crippen molar-refractivity contribution in [1.29, 1.82) is 0 Å². The molecule has 6 heteroatoms. The smallest absolute Gasteiger partial charge is 0.407 e. The molecule has 0 aromatic heterocycles. The second-order valence-corrected chi connectivity index (χ2v) is 8.34. The number of aliphatic hydroxyl groups is 1. The van der Waals surface area contributed by atoms with Gasteiger partial charge in [0.15, 0.2) is 0 Å². The molecule has 3 atom stereocenters. The van der Waals surface area contributed by atoms with Crippen LogP contribution >= 0.6 is 0 Å². The summed E-state index contributed by atoms with van der Waals surface area (Å²) in [5.74, 6) is -0.445. The lowest BCUT2D eigenvalue weighted by Crippen LogP contribution is -2.49. The zero-order chi connectivity index (χ0) is 23.4. The Morgan fingerprint density at radius 3 is 2.00 bits per heavy atom. The Morgan fingerprint density at radius 2 is 1.39 bits per heavy atom. The second kappa shape index (κ2) is 9.88. The Balaban J connectivity index is 1.31. The quantitative estimate of drug-likeness (QED) is 0.511. The Morgan fingerprint density at radius 1 is 0.848 bits per heavy atom. The van der Waals surface area contributed by atoms with Crippen molar-refractivity contribution < 1.29 is 19.4 Å². The third-order valence-corrected chi connectivity index (χ3v) is 6.06. The van der Waals surface area contributed by atoms with E-state index in [0.717, 1.165) is 22.3 Å². The summed E-state index contributed by atoms with van der Waals surface area (Å²) >= 11 is 0. The molecule has 0 fully saturated rings. The summed E-state index contributed by atoms with van der Waals surface area (Å²) in [5, 5.41) is 15.8. The van der Waals surface area contributed by atoms with E-state index in [1.54, 1.807) is 26.0 Å². The minimum atomic E-state index is -0.850. The van der Waals surface area contributed by atoms with Crippen molar-refractivity contribution >= 4 is 12.0 Å². The average molecular weight is 445 g/mol. The standard InChI is InChI=1S/C27H28N2O4/c1-17(25(30)19-10-4-3-5-11-19)28-26(31)18(2)29-27(32)33-16-24-22-14-8-6-12-20(22)21-13-7-9-15-23(21)24/h3-15,17-18,24-25,30H,16H2,1-2H3,(H,28,31)(H,29,32)/t17-,18-,25+/m0/s1. The van der Waals surface area contributed by atoms with Gasteiger partial charge < -0.3 is 20.5 Å². The van der Waals surface area contributed by atoms with Gasteiger partial charge in [-0.3, -0.25) is 4.79 Å². The van der Waals surface area contributed by atoms with Gasteiger partial charge in [-0.2, -0.15) is 0 Å². The minimum absolute atomic E-state index is 0.0478. The van der Waals surface area contributed by atoms with Crippen molar-refractivity contribution in [2.24, 2.45) is 0 Å². The Hall–Kier alpha value is -3.64. The topological polar surface area (TPSA) is 87.7 Å². The largest absolute Gasteiger partial charge is 0.449 e. The number of rotatable bonds is 7. The molecule has 4 rings (SSSR count). The van der Waals surface area contributed by atoms with Gasteiger partial charge in [0, 0.05) is 5.92 Å². The van der Waals surface area contributed by atoms with Crippen LogP contribution in [0.4, 0.5) is 4.79 Å². The molecule has 3 aromatic rings. The zero-order valence-electron chi connectivity index (χ0n) is 18.7. The van der Waals surface area contributed by atoms with Gasteiger partial charge in [-0.1, -0.05) is 78.9 Å². The Bertz CT molecular complexity index is 1090. The molecule has 0 bridgehead atoms. The fourth-order valence-corrected chi connectivity index (χ4v) is 4.25. The third-order valence-electron chi connectivity index (χ3n) is 6.06. The number of alkyl carbamates (subject to hydrolysis) is 1. The van der Waals surface area contributed by atoms with E-state index in [9.17, 15) is 14.7 Å². The normalized spacial score (nSPS) is 15.0. The number of hydrogen-bond donors (Lipinski definition) is 3. The summed E-state index contributed by atoms with van der Waals surface area (Å²) in [5.41, 5.74) is 5.27. The number of nitrogens with one attached hydrogen (secondary N) is 2. The van der Waals surface area contributed by atoms with Crippen LogP contribution in [0.1, 0.15) is 42.6 Å². The van der Waals surface area contributed by atoms with Gasteiger partial charge in [0.05, 0.1) is 12.1 Å². The number of aliphatic hydroxyl groups excluding tert-OH is 1. The van der Waals surface area contributed by atoms with E-state index < -0.39 is 30.2 Å². The van der Waals surface area contributed by atoms with Gasteiger partial charge in [0.1, 0.15) is 12.6 Å². The minimum Gasteiger partial charge on any atom is -0.449 e. The molecule has 1 aliphatic rings. The van der Waals surface area contributed by atoms with Crippen LogP contribution in [0.2, 0.25) is 0 Å². The van der Waals surface area contributed by atoms with Gasteiger partial charge in [-0.05, 0) is 41.7 Å². The second-order valence-electron chi connectivity index (χ2n) is 8.34. The van der Waals surface area contributed by atoms with Crippen LogP contribution in [0.3, 0.4) is 0 Å². The lowest BCUT2D eigenvalue weighted by atomic mass is 9.98. The molecule has 1 aliphatic carbocycles. The highest BCUT2D eigenvalue weighted by molar-refractivity contribution is 5.85. The van der Waals surface area contributed by atoms with Crippen molar-refractivity contribution in [2.45, 2.75) is 38.0 Å². The monoisotopic (exact) mass is 444 g/mol. The molecule has 3 N–H and O–H groups in total. The first-order chi connectivity index (χ1) is 16.0. The number of benzene rings is 3. The number of amides is 2. The van der Waals surface area contributed by atoms with Gasteiger partial charge in [0.25, 0.3) is 0 Å². The number of carbonyl (C=O) groups is 2. The molecule has 6 nitrogen and oxygen atoms in total. The highest BCUT2D eigenvalue weighted by Gasteiger charge is 2.29. The molecule has 0 heterocycles. The molecule has 0 unspecified atom stereocenters. The van der Waals surface area contributed by atoms with E-state index >= 15 is 0 Å². The van der Waals surface area contributed by atoms with Crippen LogP contribution in [0.15, 0.2) is 78.9 Å². The summed E-state index contributed by atoms with van der Waals surface area (Å²) in [6, 6.07) is 24.0. The molecule has 0 saturated heterocycles. The maximum atomic E-state index is 12.5. The molecule has 0 aliphatic heterocycles. The van der Waals surface area contributed by atoms with E-state index in [1.807, 2.05) is 42.5 Å². The average Bonchev–Trinajstić information content (AvgIpc) is 3.16. The maximum Gasteiger partial charge on any atom is 0.407 e. The van der Waals surface area contributed by atoms with Crippen LogP contribution < -0.4 is 10.6 Å². The first kappa shape index (κ1) is 22.6. The van der Waals surface area contributed by atoms with Crippen LogP contribution in [0.25, 0.3) is 11.1 Å². The summed E-state index contributed by atoms with van der Waals surface area (Å²) in [6.45, 7) is 3.48. The van der Waals surface area contributed by atoms with E-state index in [1.165, 1.54) is 0 Å². The van der Waals surface area contributed by atoms with Crippen LogP contribution in [-0.4, -0.2) is 35.8 Å². The van der Waals surface area contributed by atoms with Crippen molar-refractivity contribution in [1.82, 2.24) is 10.6 Å². The molecule has 3 aromatic carbocycles. The van der Waals surface area contributed by atoms with Crippen molar-refractivity contribution in [3.8, 4) is 11.1 Å². The highest BCUT2D eigenvalue weighted by Crippen LogP contribution is 2.44. The van der Waals surface area contributed by atoms with Gasteiger partial charge in [-0.15, -0.1) is 0 Å². The summed E-state index contributed by atoms with van der Waals surface area (Å²) in [7, 11) is 0. The molecule has 0 spiro atoms. The van der Waals surface area contributed by atoms with Crippen LogP contribution in [-0.2, 0) is 9.53 Å². The SMILES string of the molecule is C[C@H](NC(=O)OCC1c2ccccc2-c2ccccc21)C(=O)N[C@@H](C)[C@@H](O)c1ccccc1. The molecular formula is C27H28N2O4. The Kier molecular flexibility index (Phi) is 6.75. The fourth-order valence-electron chi connectivity index (χ4n) is 4.25. The van der Waals surface area contributed by atoms with Gasteiger partial charge >= 0.3 is 6.09 Å². The zero-order valence-corrected chi connectivity index (χ0v) is 18.7. The molecule has 0 radical (unpaired) electrons. The van der Waals surface area contributed by atoms with Crippen LogP contribution in [0, 0.1) is 0 Å². The fraction of sp³-hybridized carbons (Fsp3) is 0.259. The number of carbonyl (C=O) groups excluding carboxylic acids is 2. The first-order valence-electron chi connectivity index (χ1n) is 11.1. The molecule has 2 amide bonds. The number of ether oxygens (including phenoxy) is 1. The van der Waals surface area contributed by atoms with E-state index in [-0.39, 0.29) is 12.5 Å². The van der Waals surface area contributed by atoms with E-state index in [2.05, 4.69) is 34.9 Å². The summed E-state index contributed by atoms with van der Waals surface area (Å²) in [6.07, 6.45) is -1.51. The van der Waals surface area contributed by atoms with Gasteiger partial charge in [0.2, 0.25) is 5.91 Å². The molecular weight excluding hydrogens is 416 g/mol. The van der Waals surface area contributed by atoms with Crippen molar-refractivity contribution in [3.05, 3.63) is 95.6 Å². The molecule has 33 heavy (non-hydrogen) atoms. The third kappa shape index (κ3) is 4.91. The van der Waals surface area contributed by atoms with Crippen molar-refractivity contribution in [3.63, 3.8) is 0 Å². The number of hydrogen-bond acceptors (Lipinski definition) is 4. The summed E-state index contributed by atoms with van der Waals surface area (Å²) in [4.78, 5) is 24.9. The van der Waals surface area contributed by atoms with E-state index in [4.69, 9.17) is 4.74 Å². The van der Waals surface area contributed by atoms with Crippen LogP contribution in [0.5, 0.6) is 0 Å². The highest BCUT2D eigenvalue weighted by atomic mass is 16.5. The molecule has 0 saturated carbocycles. The lowest BCUT2D eigenvalue weighted by Gasteiger charge is -2.23. The van der Waals surface area contributed by atoms with E-state index in [0.29, 0.717) is 5.56 Å². The predicted octanol–water partition coefficient (Wildman–Crippen LogP) is 4.15.